The van der Waals surface area contributed by atoms with Gasteiger partial charge in [-0.15, -0.1) is 0 Å². The van der Waals surface area contributed by atoms with E-state index in [-0.39, 0.29) is 12.5 Å². The summed E-state index contributed by atoms with van der Waals surface area (Å²) in [4.78, 5) is 15.9. The highest BCUT2D eigenvalue weighted by atomic mass is 16.5. The van der Waals surface area contributed by atoms with E-state index in [2.05, 4.69) is 34.4 Å². The lowest BCUT2D eigenvalue weighted by Gasteiger charge is -1.98. The molecule has 1 N–H and O–H groups in total. The van der Waals surface area contributed by atoms with Crippen molar-refractivity contribution in [1.82, 2.24) is 25.2 Å². The highest BCUT2D eigenvalue weighted by Crippen LogP contribution is 2.04. The van der Waals surface area contributed by atoms with E-state index in [0.29, 0.717) is 23.3 Å². The van der Waals surface area contributed by atoms with Gasteiger partial charge in [0.25, 0.3) is 5.91 Å². The summed E-state index contributed by atoms with van der Waals surface area (Å²) in [6, 6.07) is 1.65. The number of nitrogens with one attached hydrogen (secondary N) is 1. The fourth-order valence-corrected chi connectivity index (χ4v) is 1.59. The Hall–Kier alpha value is -2.18. The van der Waals surface area contributed by atoms with Crippen LogP contribution in [0.15, 0.2) is 16.8 Å². The first-order valence-electron chi connectivity index (χ1n) is 6.14. The van der Waals surface area contributed by atoms with Gasteiger partial charge in [0, 0.05) is 19.7 Å². The normalized spacial score (nSPS) is 10.9. The number of nitrogens with zero attached hydrogens (tertiary/aromatic N) is 4. The van der Waals surface area contributed by atoms with Gasteiger partial charge < -0.3 is 9.84 Å². The van der Waals surface area contributed by atoms with E-state index < -0.39 is 0 Å². The lowest BCUT2D eigenvalue weighted by atomic mass is 10.1. The molecule has 7 heteroatoms. The summed E-state index contributed by atoms with van der Waals surface area (Å²) in [6.45, 7) is 4.37. The molecule has 0 fully saturated rings. The fourth-order valence-electron chi connectivity index (χ4n) is 1.59. The van der Waals surface area contributed by atoms with Gasteiger partial charge in [-0.1, -0.05) is 19.0 Å². The maximum absolute atomic E-state index is 11.7. The number of aromatic nitrogens is 4. The average molecular weight is 263 g/mol. The summed E-state index contributed by atoms with van der Waals surface area (Å²) in [5.41, 5.74) is 0.365. The van der Waals surface area contributed by atoms with Crippen molar-refractivity contribution in [3.8, 4) is 0 Å². The Morgan fingerprint density at radius 2 is 2.32 bits per heavy atom. The molecule has 0 radical (unpaired) electrons. The molecule has 2 heterocycles. The molecule has 0 aliphatic rings. The molecule has 0 unspecified atom stereocenters. The number of carbonyl (C=O) groups excluding carboxylic acids is 1. The molecule has 0 bridgehead atoms. The molecule has 2 aromatic heterocycles. The standard InChI is InChI=1S/C12H17N5O2/c1-8(2)6-10-14-11(19-16-10)7-13-12(18)9-4-5-17(3)15-9/h4-5,8H,6-7H2,1-3H3,(H,13,18). The lowest BCUT2D eigenvalue weighted by molar-refractivity contribution is 0.0940. The van der Waals surface area contributed by atoms with Crippen LogP contribution < -0.4 is 5.32 Å². The van der Waals surface area contributed by atoms with Gasteiger partial charge in [0.1, 0.15) is 5.69 Å². The van der Waals surface area contributed by atoms with E-state index in [4.69, 9.17) is 4.52 Å². The van der Waals surface area contributed by atoms with Gasteiger partial charge in [0.2, 0.25) is 5.89 Å². The van der Waals surface area contributed by atoms with Crippen LogP contribution in [0.1, 0.15) is 36.1 Å². The van der Waals surface area contributed by atoms with Crippen molar-refractivity contribution >= 4 is 5.91 Å². The zero-order valence-electron chi connectivity index (χ0n) is 11.3. The highest BCUT2D eigenvalue weighted by molar-refractivity contribution is 5.91. The van der Waals surface area contributed by atoms with Gasteiger partial charge in [-0.3, -0.25) is 9.48 Å². The third-order valence-electron chi connectivity index (χ3n) is 2.45. The molecule has 1 amide bonds. The smallest absolute Gasteiger partial charge is 0.272 e. The molecule has 2 rings (SSSR count). The Kier molecular flexibility index (Phi) is 3.94. The minimum absolute atomic E-state index is 0.209. The zero-order valence-corrected chi connectivity index (χ0v) is 11.3. The molecular weight excluding hydrogens is 246 g/mol. The van der Waals surface area contributed by atoms with Crippen LogP contribution in [0.4, 0.5) is 0 Å². The molecule has 0 aliphatic heterocycles. The topological polar surface area (TPSA) is 85.8 Å². The Morgan fingerprint density at radius 3 is 2.95 bits per heavy atom. The third kappa shape index (κ3) is 3.64. The second-order valence-electron chi connectivity index (χ2n) is 4.76. The van der Waals surface area contributed by atoms with Crippen LogP contribution in [0, 0.1) is 5.92 Å². The van der Waals surface area contributed by atoms with E-state index in [1.165, 1.54) is 0 Å². The van der Waals surface area contributed by atoms with Crippen molar-refractivity contribution in [3.63, 3.8) is 0 Å². The lowest BCUT2D eigenvalue weighted by Crippen LogP contribution is -2.23. The van der Waals surface area contributed by atoms with E-state index in [9.17, 15) is 4.79 Å². The first-order chi connectivity index (χ1) is 9.04. The monoisotopic (exact) mass is 263 g/mol. The van der Waals surface area contributed by atoms with Gasteiger partial charge in [0.05, 0.1) is 6.54 Å². The van der Waals surface area contributed by atoms with E-state index >= 15 is 0 Å². The predicted octanol–water partition coefficient (Wildman–Crippen LogP) is 0.932. The largest absolute Gasteiger partial charge is 0.342 e. The highest BCUT2D eigenvalue weighted by Gasteiger charge is 2.12. The maximum Gasteiger partial charge on any atom is 0.272 e. The molecular formula is C12H17N5O2. The molecule has 19 heavy (non-hydrogen) atoms. The minimum atomic E-state index is -0.260. The molecule has 0 saturated heterocycles. The first-order valence-corrected chi connectivity index (χ1v) is 6.14. The van der Waals surface area contributed by atoms with Gasteiger partial charge in [-0.2, -0.15) is 10.1 Å². The van der Waals surface area contributed by atoms with E-state index in [0.717, 1.165) is 6.42 Å². The second-order valence-corrected chi connectivity index (χ2v) is 4.76. The summed E-state index contributed by atoms with van der Waals surface area (Å²) in [5, 5.41) is 10.5. The van der Waals surface area contributed by atoms with Crippen LogP contribution in [0.3, 0.4) is 0 Å². The van der Waals surface area contributed by atoms with Crippen LogP contribution in [0.5, 0.6) is 0 Å². The van der Waals surface area contributed by atoms with Crippen LogP contribution >= 0.6 is 0 Å². The van der Waals surface area contributed by atoms with Crippen molar-refractivity contribution in [1.29, 1.82) is 0 Å². The molecule has 0 aromatic carbocycles. The summed E-state index contributed by atoms with van der Waals surface area (Å²) >= 11 is 0. The number of rotatable bonds is 5. The Morgan fingerprint density at radius 1 is 1.53 bits per heavy atom. The summed E-state index contributed by atoms with van der Waals surface area (Å²) < 4.78 is 6.63. The third-order valence-corrected chi connectivity index (χ3v) is 2.45. The molecule has 0 atom stereocenters. The number of aryl methyl sites for hydroxylation is 1. The molecule has 2 aromatic rings. The van der Waals surface area contributed by atoms with Gasteiger partial charge in [-0.05, 0) is 12.0 Å². The molecule has 0 aliphatic carbocycles. The second kappa shape index (κ2) is 5.64. The fraction of sp³-hybridized carbons (Fsp3) is 0.500. The van der Waals surface area contributed by atoms with Crippen molar-refractivity contribution in [2.75, 3.05) is 0 Å². The molecule has 102 valence electrons. The van der Waals surface area contributed by atoms with Crippen molar-refractivity contribution in [3.05, 3.63) is 29.7 Å². The van der Waals surface area contributed by atoms with E-state index in [1.54, 1.807) is 24.0 Å². The SMILES string of the molecule is CC(C)Cc1noc(CNC(=O)c2ccn(C)n2)n1. The number of hydrogen-bond acceptors (Lipinski definition) is 5. The predicted molar refractivity (Wildman–Crippen MR) is 67.2 cm³/mol. The van der Waals surface area contributed by atoms with Crippen LogP contribution in [-0.2, 0) is 20.0 Å². The van der Waals surface area contributed by atoms with Gasteiger partial charge in [-0.25, -0.2) is 0 Å². The summed E-state index contributed by atoms with van der Waals surface area (Å²) in [7, 11) is 1.76. The Labute approximate surface area is 111 Å². The van der Waals surface area contributed by atoms with Crippen LogP contribution in [-0.4, -0.2) is 25.8 Å². The number of amides is 1. The van der Waals surface area contributed by atoms with Crippen molar-refractivity contribution < 1.29 is 9.32 Å². The molecule has 0 saturated carbocycles. The van der Waals surface area contributed by atoms with Gasteiger partial charge in [0.15, 0.2) is 5.82 Å². The first kappa shape index (κ1) is 13.3. The van der Waals surface area contributed by atoms with Crippen molar-refractivity contribution in [2.24, 2.45) is 13.0 Å². The maximum atomic E-state index is 11.7. The molecule has 7 nitrogen and oxygen atoms in total. The average Bonchev–Trinajstić information content (AvgIpc) is 2.94. The summed E-state index contributed by atoms with van der Waals surface area (Å²) in [6.07, 6.45) is 2.47. The number of carbonyl (C=O) groups is 1. The Balaban J connectivity index is 1.88. The van der Waals surface area contributed by atoms with Gasteiger partial charge >= 0.3 is 0 Å². The zero-order chi connectivity index (χ0) is 13.8. The van der Waals surface area contributed by atoms with Crippen molar-refractivity contribution in [2.45, 2.75) is 26.8 Å². The van der Waals surface area contributed by atoms with Crippen LogP contribution in [0.25, 0.3) is 0 Å². The number of hydrogen-bond donors (Lipinski definition) is 1. The quantitative estimate of drug-likeness (QED) is 0.867. The Bertz CT molecular complexity index is 558. The minimum Gasteiger partial charge on any atom is -0.342 e. The van der Waals surface area contributed by atoms with Crippen LogP contribution in [0.2, 0.25) is 0 Å². The van der Waals surface area contributed by atoms with E-state index in [1.807, 2.05) is 0 Å². The summed E-state index contributed by atoms with van der Waals surface area (Å²) in [5.74, 6) is 1.27. The molecule has 0 spiro atoms.